The van der Waals surface area contributed by atoms with E-state index in [0.29, 0.717) is 33.3 Å². The van der Waals surface area contributed by atoms with Crippen molar-refractivity contribution in [3.63, 3.8) is 0 Å². The highest BCUT2D eigenvalue weighted by Gasteiger charge is 2.17. The number of rotatable bonds is 6. The van der Waals surface area contributed by atoms with Crippen LogP contribution < -0.4 is 4.74 Å². The van der Waals surface area contributed by atoms with Gasteiger partial charge in [-0.2, -0.15) is 0 Å². The highest BCUT2D eigenvalue weighted by atomic mass is 35.5. The number of ether oxygens (including phenoxy) is 1. The average molecular weight is 337 g/mol. The normalized spacial score (nSPS) is 12.4. The Bertz CT molecular complexity index is 828. The molecule has 0 bridgehead atoms. The first-order valence-electron chi connectivity index (χ1n) is 6.90. The first-order chi connectivity index (χ1) is 11.0. The molecule has 7 nitrogen and oxygen atoms in total. The zero-order chi connectivity index (χ0) is 16.4. The summed E-state index contributed by atoms with van der Waals surface area (Å²) >= 11 is 6.24. The minimum Gasteiger partial charge on any atom is -0.481 e. The van der Waals surface area contributed by atoms with Crippen LogP contribution in [-0.4, -0.2) is 21.2 Å². The van der Waals surface area contributed by atoms with Crippen molar-refractivity contribution in [2.45, 2.75) is 25.9 Å². The Morgan fingerprint density at radius 1 is 1.48 bits per heavy atom. The lowest BCUT2D eigenvalue weighted by Crippen LogP contribution is -2.03. The topological polar surface area (TPSA) is 98.6 Å². The molecule has 0 unspecified atom stereocenters. The lowest BCUT2D eigenvalue weighted by molar-refractivity contribution is -0.136. The number of hydrogen-bond donors (Lipinski definition) is 1. The third kappa shape index (κ3) is 3.29. The van der Waals surface area contributed by atoms with Crippen LogP contribution in [0.25, 0.3) is 11.0 Å². The third-order valence-electron chi connectivity index (χ3n) is 3.28. The van der Waals surface area contributed by atoms with Gasteiger partial charge in [-0.25, -0.2) is 4.98 Å². The Kier molecular flexibility index (Phi) is 4.20. The van der Waals surface area contributed by atoms with Crippen molar-refractivity contribution >= 4 is 28.5 Å². The Morgan fingerprint density at radius 3 is 3.00 bits per heavy atom. The average Bonchev–Trinajstić information content (AvgIpc) is 3.15. The lowest BCUT2D eigenvalue weighted by Gasteiger charge is -2.12. The molecule has 0 saturated heterocycles. The number of benzene rings is 1. The highest BCUT2D eigenvalue weighted by Crippen LogP contribution is 2.34. The maximum absolute atomic E-state index is 10.7. The molecule has 1 atom stereocenters. The van der Waals surface area contributed by atoms with Crippen molar-refractivity contribution in [3.8, 4) is 5.75 Å². The quantitative estimate of drug-likeness (QED) is 0.733. The van der Waals surface area contributed by atoms with E-state index in [2.05, 4.69) is 10.1 Å². The van der Waals surface area contributed by atoms with Gasteiger partial charge in [0.1, 0.15) is 12.0 Å². The first kappa shape index (κ1) is 15.4. The van der Waals surface area contributed by atoms with E-state index in [0.717, 1.165) is 0 Å². The Labute approximate surface area is 135 Å². The molecule has 0 radical (unpaired) electrons. The minimum atomic E-state index is -0.896. The van der Waals surface area contributed by atoms with Gasteiger partial charge >= 0.3 is 5.97 Å². The van der Waals surface area contributed by atoms with Crippen LogP contribution in [0.5, 0.6) is 5.75 Å². The molecule has 23 heavy (non-hydrogen) atoms. The van der Waals surface area contributed by atoms with E-state index in [-0.39, 0.29) is 12.8 Å². The van der Waals surface area contributed by atoms with Crippen LogP contribution in [0.15, 0.2) is 33.5 Å². The van der Waals surface area contributed by atoms with E-state index in [4.69, 9.17) is 30.4 Å². The second-order valence-corrected chi connectivity index (χ2v) is 5.34. The fourth-order valence-electron chi connectivity index (χ4n) is 2.16. The predicted octanol–water partition coefficient (Wildman–Crippen LogP) is 3.63. The van der Waals surface area contributed by atoms with E-state index >= 15 is 0 Å². The SMILES string of the molecule is C[C@@H](Oc1cc2onc(CCC(=O)O)c2cc1Cl)c1ncco1. The largest absolute Gasteiger partial charge is 0.481 e. The molecule has 3 aromatic rings. The number of aliphatic carboxylic acids is 1. The second-order valence-electron chi connectivity index (χ2n) is 4.93. The minimum absolute atomic E-state index is 0.0291. The molecule has 8 heteroatoms. The van der Waals surface area contributed by atoms with Crippen LogP contribution in [0, 0.1) is 0 Å². The van der Waals surface area contributed by atoms with E-state index in [1.807, 2.05) is 0 Å². The Balaban J connectivity index is 1.85. The molecule has 0 spiro atoms. The molecule has 120 valence electrons. The van der Waals surface area contributed by atoms with Gasteiger partial charge in [-0.1, -0.05) is 16.8 Å². The van der Waals surface area contributed by atoms with Crippen molar-refractivity contribution in [1.29, 1.82) is 0 Å². The van der Waals surface area contributed by atoms with E-state index in [9.17, 15) is 4.79 Å². The van der Waals surface area contributed by atoms with Gasteiger partial charge in [0.25, 0.3) is 0 Å². The molecule has 0 fully saturated rings. The number of aryl methyl sites for hydroxylation is 1. The number of aromatic nitrogens is 2. The van der Waals surface area contributed by atoms with Crippen LogP contribution in [-0.2, 0) is 11.2 Å². The number of halogens is 1. The maximum Gasteiger partial charge on any atom is 0.303 e. The summed E-state index contributed by atoms with van der Waals surface area (Å²) in [5, 5.41) is 13.7. The molecule has 1 N–H and O–H groups in total. The standard InChI is InChI=1S/C15H13ClN2O5/c1-8(15-17-4-5-21-15)22-13-7-12-9(6-10(13)16)11(18-23-12)2-3-14(19)20/h4-8H,2-3H2,1H3,(H,19,20)/t8-/m1/s1. The molecule has 2 heterocycles. The summed E-state index contributed by atoms with van der Waals surface area (Å²) in [5.41, 5.74) is 1.03. The molecule has 0 amide bonds. The summed E-state index contributed by atoms with van der Waals surface area (Å²) in [5.74, 6) is -0.0568. The zero-order valence-corrected chi connectivity index (χ0v) is 12.9. The Hall–Kier alpha value is -2.54. The molecule has 0 aliphatic rings. The smallest absolute Gasteiger partial charge is 0.303 e. The highest BCUT2D eigenvalue weighted by molar-refractivity contribution is 6.32. The fraction of sp³-hybridized carbons (Fsp3) is 0.267. The summed E-state index contributed by atoms with van der Waals surface area (Å²) in [4.78, 5) is 14.7. The molecule has 3 rings (SSSR count). The summed E-state index contributed by atoms with van der Waals surface area (Å²) in [6.07, 6.45) is 2.81. The number of nitrogens with zero attached hydrogens (tertiary/aromatic N) is 2. The van der Waals surface area contributed by atoms with Crippen molar-refractivity contribution in [2.24, 2.45) is 0 Å². The van der Waals surface area contributed by atoms with Crippen LogP contribution in [0.3, 0.4) is 0 Å². The maximum atomic E-state index is 10.7. The molecular weight excluding hydrogens is 324 g/mol. The van der Waals surface area contributed by atoms with Gasteiger partial charge in [0.15, 0.2) is 11.7 Å². The van der Waals surface area contributed by atoms with Gasteiger partial charge in [-0.05, 0) is 13.0 Å². The van der Waals surface area contributed by atoms with Crippen molar-refractivity contribution < 1.29 is 23.6 Å². The number of carboxylic acids is 1. The van der Waals surface area contributed by atoms with Gasteiger partial charge < -0.3 is 18.8 Å². The Morgan fingerprint density at radius 2 is 2.30 bits per heavy atom. The predicted molar refractivity (Wildman–Crippen MR) is 80.5 cm³/mol. The van der Waals surface area contributed by atoms with Gasteiger partial charge in [0, 0.05) is 17.9 Å². The molecule has 1 aromatic carbocycles. The van der Waals surface area contributed by atoms with Gasteiger partial charge in [0.05, 0.1) is 23.3 Å². The number of carbonyl (C=O) groups is 1. The monoisotopic (exact) mass is 336 g/mol. The van der Waals surface area contributed by atoms with Crippen molar-refractivity contribution in [2.75, 3.05) is 0 Å². The van der Waals surface area contributed by atoms with Crippen molar-refractivity contribution in [3.05, 3.63) is 41.2 Å². The van der Waals surface area contributed by atoms with Crippen LogP contribution in [0.1, 0.15) is 31.0 Å². The van der Waals surface area contributed by atoms with E-state index in [1.54, 1.807) is 19.1 Å². The summed E-state index contributed by atoms with van der Waals surface area (Å²) < 4.78 is 16.1. The van der Waals surface area contributed by atoms with Crippen molar-refractivity contribution in [1.82, 2.24) is 10.1 Å². The van der Waals surface area contributed by atoms with Gasteiger partial charge in [0.2, 0.25) is 5.89 Å². The van der Waals surface area contributed by atoms with Crippen LogP contribution in [0.4, 0.5) is 0 Å². The summed E-state index contributed by atoms with van der Waals surface area (Å²) in [7, 11) is 0. The summed E-state index contributed by atoms with van der Waals surface area (Å²) in [6, 6.07) is 3.27. The molecule has 0 aliphatic carbocycles. The van der Waals surface area contributed by atoms with Crippen LogP contribution in [0.2, 0.25) is 5.02 Å². The van der Waals surface area contributed by atoms with E-state index in [1.165, 1.54) is 12.5 Å². The molecule has 0 saturated carbocycles. The lowest BCUT2D eigenvalue weighted by atomic mass is 10.1. The number of fused-ring (bicyclic) bond motifs is 1. The fourth-order valence-corrected chi connectivity index (χ4v) is 2.37. The molecule has 0 aliphatic heterocycles. The number of carboxylic acid groups (broad SMARTS) is 1. The van der Waals surface area contributed by atoms with Gasteiger partial charge in [-0.15, -0.1) is 0 Å². The molecule has 2 aromatic heterocycles. The number of hydrogen-bond acceptors (Lipinski definition) is 6. The zero-order valence-electron chi connectivity index (χ0n) is 12.2. The summed E-state index contributed by atoms with van der Waals surface area (Å²) in [6.45, 7) is 1.78. The molecular formula is C15H13ClN2O5. The van der Waals surface area contributed by atoms with Gasteiger partial charge in [-0.3, -0.25) is 4.79 Å². The second kappa shape index (κ2) is 6.29. The third-order valence-corrected chi connectivity index (χ3v) is 3.57. The van der Waals surface area contributed by atoms with E-state index < -0.39 is 12.1 Å². The van der Waals surface area contributed by atoms with Crippen LogP contribution >= 0.6 is 11.6 Å². The first-order valence-corrected chi connectivity index (χ1v) is 7.28. The number of oxazole rings is 1.